The van der Waals surface area contributed by atoms with Gasteiger partial charge in [0.2, 0.25) is 0 Å². The van der Waals surface area contributed by atoms with E-state index in [9.17, 15) is 17.4 Å². The highest BCUT2D eigenvalue weighted by Gasteiger charge is 2.28. The summed E-state index contributed by atoms with van der Waals surface area (Å²) in [5.41, 5.74) is 2.41. The Balaban J connectivity index is 1.83. The van der Waals surface area contributed by atoms with E-state index in [1.807, 2.05) is 30.3 Å². The highest BCUT2D eigenvalue weighted by molar-refractivity contribution is 7.84. The molecule has 0 radical (unpaired) electrons. The van der Waals surface area contributed by atoms with Gasteiger partial charge in [0, 0.05) is 48.0 Å². The second kappa shape index (κ2) is 11.6. The van der Waals surface area contributed by atoms with Crippen LogP contribution < -0.4 is 15.4 Å². The molecule has 5 nitrogen and oxygen atoms in total. The molecular formula is C21H26F3N3O2S. The van der Waals surface area contributed by atoms with Crippen LogP contribution in [-0.2, 0) is 23.1 Å². The standard InChI is InChI=1S/C21H26F3N3O2S/c1-16-8-9-18(19(12-16)29-15-21(22,23)24)13-27-20(25-2)26-10-11-30(28)14-17-6-4-3-5-7-17/h3-9,12H,10-11,13-15H2,1-2H3,(H2,25,26,27). The molecule has 30 heavy (non-hydrogen) atoms. The number of nitrogens with one attached hydrogen (secondary N) is 2. The van der Waals surface area contributed by atoms with Crippen molar-refractivity contribution >= 4 is 16.8 Å². The van der Waals surface area contributed by atoms with Crippen LogP contribution in [0.5, 0.6) is 5.75 Å². The first-order chi connectivity index (χ1) is 14.3. The molecule has 0 amide bonds. The molecule has 0 aliphatic rings. The SMILES string of the molecule is CN=C(NCCS(=O)Cc1ccccc1)NCc1ccc(C)cc1OCC(F)(F)F. The molecule has 0 saturated carbocycles. The van der Waals surface area contributed by atoms with Crippen molar-refractivity contribution < 1.29 is 22.1 Å². The molecule has 0 bridgehead atoms. The Kier molecular flexibility index (Phi) is 9.16. The van der Waals surface area contributed by atoms with Crippen LogP contribution in [0.15, 0.2) is 53.5 Å². The highest BCUT2D eigenvalue weighted by Crippen LogP contribution is 2.23. The van der Waals surface area contributed by atoms with E-state index in [4.69, 9.17) is 4.74 Å². The lowest BCUT2D eigenvalue weighted by Crippen LogP contribution is -2.38. The molecule has 1 atom stereocenters. The van der Waals surface area contributed by atoms with Gasteiger partial charge in [0.25, 0.3) is 0 Å². The molecule has 2 aromatic rings. The minimum Gasteiger partial charge on any atom is -0.484 e. The van der Waals surface area contributed by atoms with Gasteiger partial charge in [-0.25, -0.2) is 0 Å². The van der Waals surface area contributed by atoms with E-state index in [-0.39, 0.29) is 12.3 Å². The maximum Gasteiger partial charge on any atom is 0.422 e. The Morgan fingerprint density at radius 1 is 1.13 bits per heavy atom. The van der Waals surface area contributed by atoms with Crippen molar-refractivity contribution in [3.63, 3.8) is 0 Å². The van der Waals surface area contributed by atoms with E-state index in [0.29, 0.717) is 29.6 Å². The van der Waals surface area contributed by atoms with Gasteiger partial charge in [-0.15, -0.1) is 0 Å². The molecular weight excluding hydrogens is 415 g/mol. The summed E-state index contributed by atoms with van der Waals surface area (Å²) in [6.07, 6.45) is -4.40. The van der Waals surface area contributed by atoms with Crippen LogP contribution in [0.4, 0.5) is 13.2 Å². The van der Waals surface area contributed by atoms with E-state index in [1.165, 1.54) is 0 Å². The summed E-state index contributed by atoms with van der Waals surface area (Å²) in [5, 5.41) is 6.11. The number of guanidine groups is 1. The summed E-state index contributed by atoms with van der Waals surface area (Å²) < 4.78 is 54.6. The monoisotopic (exact) mass is 441 g/mol. The second-order valence-corrected chi connectivity index (χ2v) is 8.22. The van der Waals surface area contributed by atoms with Gasteiger partial charge < -0.3 is 15.4 Å². The average Bonchev–Trinajstić information content (AvgIpc) is 2.70. The smallest absolute Gasteiger partial charge is 0.422 e. The highest BCUT2D eigenvalue weighted by atomic mass is 32.2. The molecule has 1 unspecified atom stereocenters. The quantitative estimate of drug-likeness (QED) is 0.462. The molecule has 2 aromatic carbocycles. The maximum atomic E-state index is 12.5. The van der Waals surface area contributed by atoms with Gasteiger partial charge in [-0.05, 0) is 24.1 Å². The lowest BCUT2D eigenvalue weighted by molar-refractivity contribution is -0.153. The predicted octanol–water partition coefficient (Wildman–Crippen LogP) is 3.55. The van der Waals surface area contributed by atoms with E-state index in [0.717, 1.165) is 11.1 Å². The zero-order valence-electron chi connectivity index (χ0n) is 17.0. The molecule has 0 aromatic heterocycles. The van der Waals surface area contributed by atoms with Gasteiger partial charge in [-0.2, -0.15) is 13.2 Å². The maximum absolute atomic E-state index is 12.5. The largest absolute Gasteiger partial charge is 0.484 e. The van der Waals surface area contributed by atoms with Crippen molar-refractivity contribution in [3.05, 3.63) is 65.2 Å². The first kappa shape index (κ1) is 23.7. The van der Waals surface area contributed by atoms with E-state index in [1.54, 1.807) is 32.2 Å². The number of benzene rings is 2. The minimum atomic E-state index is -4.40. The van der Waals surface area contributed by atoms with Crippen LogP contribution in [0.25, 0.3) is 0 Å². The zero-order valence-corrected chi connectivity index (χ0v) is 17.8. The molecule has 0 aliphatic heterocycles. The zero-order chi connectivity index (χ0) is 22.0. The Hall–Kier alpha value is -2.55. The fraction of sp³-hybridized carbons (Fsp3) is 0.381. The number of rotatable bonds is 9. The topological polar surface area (TPSA) is 62.7 Å². The third kappa shape index (κ3) is 8.86. The molecule has 0 spiro atoms. The number of aliphatic imine (C=N–C) groups is 1. The first-order valence-electron chi connectivity index (χ1n) is 9.39. The minimum absolute atomic E-state index is 0.180. The van der Waals surface area contributed by atoms with Crippen molar-refractivity contribution in [3.8, 4) is 5.75 Å². The summed E-state index contributed by atoms with van der Waals surface area (Å²) in [5.74, 6) is 1.58. The summed E-state index contributed by atoms with van der Waals surface area (Å²) in [7, 11) is 0.571. The van der Waals surface area contributed by atoms with Crippen LogP contribution in [0.1, 0.15) is 16.7 Å². The third-order valence-electron chi connectivity index (χ3n) is 4.08. The van der Waals surface area contributed by atoms with Crippen molar-refractivity contribution in [2.45, 2.75) is 25.4 Å². The molecule has 0 saturated heterocycles. The van der Waals surface area contributed by atoms with Crippen molar-refractivity contribution in [1.29, 1.82) is 0 Å². The average molecular weight is 442 g/mol. The van der Waals surface area contributed by atoms with Gasteiger partial charge in [0.1, 0.15) is 5.75 Å². The molecule has 0 heterocycles. The van der Waals surface area contributed by atoms with E-state index >= 15 is 0 Å². The summed E-state index contributed by atoms with van der Waals surface area (Å²) in [4.78, 5) is 4.09. The summed E-state index contributed by atoms with van der Waals surface area (Å²) >= 11 is 0. The van der Waals surface area contributed by atoms with E-state index in [2.05, 4.69) is 15.6 Å². The van der Waals surface area contributed by atoms with Crippen LogP contribution in [0.3, 0.4) is 0 Å². The first-order valence-corrected chi connectivity index (χ1v) is 10.9. The van der Waals surface area contributed by atoms with Crippen LogP contribution >= 0.6 is 0 Å². The van der Waals surface area contributed by atoms with Crippen molar-refractivity contribution in [2.24, 2.45) is 4.99 Å². The number of aryl methyl sites for hydroxylation is 1. The molecule has 164 valence electrons. The Morgan fingerprint density at radius 3 is 2.53 bits per heavy atom. The fourth-order valence-corrected chi connectivity index (χ4v) is 3.66. The van der Waals surface area contributed by atoms with E-state index < -0.39 is 23.6 Å². The molecule has 0 aliphatic carbocycles. The lowest BCUT2D eigenvalue weighted by atomic mass is 10.1. The summed E-state index contributed by atoms with van der Waals surface area (Å²) in [6.45, 7) is 1.13. The van der Waals surface area contributed by atoms with Crippen molar-refractivity contribution in [1.82, 2.24) is 10.6 Å². The summed E-state index contributed by atoms with van der Waals surface area (Å²) in [6, 6.07) is 14.7. The normalized spacial score (nSPS) is 13.0. The predicted molar refractivity (Wildman–Crippen MR) is 114 cm³/mol. The lowest BCUT2D eigenvalue weighted by Gasteiger charge is -2.16. The van der Waals surface area contributed by atoms with Gasteiger partial charge >= 0.3 is 6.18 Å². The van der Waals surface area contributed by atoms with Crippen LogP contribution in [0.2, 0.25) is 0 Å². The Labute approximate surface area is 177 Å². The van der Waals surface area contributed by atoms with Gasteiger partial charge in [0.05, 0.1) is 0 Å². The van der Waals surface area contributed by atoms with Crippen molar-refractivity contribution in [2.75, 3.05) is 26.0 Å². The number of hydrogen-bond donors (Lipinski definition) is 2. The molecule has 0 fully saturated rings. The van der Waals surface area contributed by atoms with Gasteiger partial charge in [-0.3, -0.25) is 9.20 Å². The number of ether oxygens (including phenoxy) is 1. The van der Waals surface area contributed by atoms with Crippen LogP contribution in [-0.4, -0.2) is 42.3 Å². The molecule has 2 N–H and O–H groups in total. The second-order valence-electron chi connectivity index (χ2n) is 6.64. The number of alkyl halides is 3. The Morgan fingerprint density at radius 2 is 1.87 bits per heavy atom. The Bertz CT molecular complexity index is 858. The number of halogens is 3. The fourth-order valence-electron chi connectivity index (χ4n) is 2.62. The van der Waals surface area contributed by atoms with Gasteiger partial charge in [0.15, 0.2) is 12.6 Å². The molecule has 2 rings (SSSR count). The number of hydrogen-bond acceptors (Lipinski definition) is 3. The third-order valence-corrected chi connectivity index (χ3v) is 5.39. The van der Waals surface area contributed by atoms with Crippen LogP contribution in [0, 0.1) is 6.92 Å². The molecule has 9 heteroatoms. The van der Waals surface area contributed by atoms with Gasteiger partial charge in [-0.1, -0.05) is 42.5 Å². The number of nitrogens with zero attached hydrogens (tertiary/aromatic N) is 1.